The molecule has 0 radical (unpaired) electrons. The van der Waals surface area contributed by atoms with Crippen LogP contribution in [0.2, 0.25) is 5.02 Å². The maximum Gasteiger partial charge on any atom is 0.331 e. The van der Waals surface area contributed by atoms with Gasteiger partial charge < -0.3 is 14.5 Å². The number of aromatic nitrogens is 6. The summed E-state index contributed by atoms with van der Waals surface area (Å²) in [4.78, 5) is 29.4. The molecule has 4 aromatic heterocycles. The zero-order valence-corrected chi connectivity index (χ0v) is 22.2. The van der Waals surface area contributed by atoms with Crippen LogP contribution in [0.25, 0.3) is 27.7 Å². The molecule has 5 heterocycles. The summed E-state index contributed by atoms with van der Waals surface area (Å²) in [6.07, 6.45) is 7.47. The van der Waals surface area contributed by atoms with Gasteiger partial charge in [-0.05, 0) is 55.8 Å². The lowest BCUT2D eigenvalue weighted by molar-refractivity contribution is 0.0955. The second-order valence-electron chi connectivity index (χ2n) is 9.66. The monoisotopic (exact) mass is 557 g/mol. The zero-order valence-electron chi connectivity index (χ0n) is 20.6. The smallest absolute Gasteiger partial charge is 0.331 e. The van der Waals surface area contributed by atoms with E-state index >= 15 is 4.39 Å². The number of piperidine rings is 1. The van der Waals surface area contributed by atoms with Gasteiger partial charge in [-0.3, -0.25) is 9.36 Å². The number of fused-ring (bicyclic) bond motifs is 2. The summed E-state index contributed by atoms with van der Waals surface area (Å²) >= 11 is 6.50. The van der Waals surface area contributed by atoms with Crippen molar-refractivity contribution in [3.8, 4) is 11.3 Å². The van der Waals surface area contributed by atoms with Crippen molar-refractivity contribution in [2.45, 2.75) is 31.6 Å². The van der Waals surface area contributed by atoms with E-state index in [-0.39, 0.29) is 31.1 Å². The third-order valence-electron chi connectivity index (χ3n) is 7.08. The summed E-state index contributed by atoms with van der Waals surface area (Å²) in [5.41, 5.74) is 1.56. The summed E-state index contributed by atoms with van der Waals surface area (Å²) in [5, 5.41) is 8.99. The van der Waals surface area contributed by atoms with Gasteiger partial charge in [0.15, 0.2) is 0 Å². The number of hydrogen-bond donors (Lipinski definition) is 1. The van der Waals surface area contributed by atoms with Gasteiger partial charge >= 0.3 is 5.69 Å². The van der Waals surface area contributed by atoms with Crippen molar-refractivity contribution in [1.29, 1.82) is 0 Å². The summed E-state index contributed by atoms with van der Waals surface area (Å²) in [7, 11) is 1.60. The van der Waals surface area contributed by atoms with Crippen LogP contribution < -0.4 is 16.6 Å². The lowest BCUT2D eigenvalue weighted by atomic mass is 9.94. The maximum absolute atomic E-state index is 15.7. The fourth-order valence-corrected chi connectivity index (χ4v) is 5.41. The highest BCUT2D eigenvalue weighted by atomic mass is 35.5. The molecule has 9 nitrogen and oxygen atoms in total. The molecule has 0 spiro atoms. The normalized spacial score (nSPS) is 15.1. The minimum Gasteiger partial charge on any atom is -0.344 e. The van der Waals surface area contributed by atoms with E-state index in [0.29, 0.717) is 42.2 Å². The molecule has 0 bridgehead atoms. The summed E-state index contributed by atoms with van der Waals surface area (Å²) in [6, 6.07) is 8.86. The molecule has 1 aliphatic heterocycles. The average molecular weight is 558 g/mol. The molecule has 6 rings (SSSR count). The Bertz CT molecular complexity index is 1770. The largest absolute Gasteiger partial charge is 0.344 e. The summed E-state index contributed by atoms with van der Waals surface area (Å²) in [6.45, 7) is 1.64. The number of nitrogens with one attached hydrogen (secondary N) is 1. The number of hydrogen-bond acceptors (Lipinski definition) is 5. The van der Waals surface area contributed by atoms with E-state index in [9.17, 15) is 9.59 Å². The van der Waals surface area contributed by atoms with Gasteiger partial charge in [0.1, 0.15) is 12.0 Å². The molecule has 0 atom stereocenters. The molecular weight excluding hydrogens is 532 g/mol. The highest BCUT2D eigenvalue weighted by Gasteiger charge is 2.32. The van der Waals surface area contributed by atoms with Crippen molar-refractivity contribution in [2.24, 2.45) is 7.05 Å². The van der Waals surface area contributed by atoms with Crippen LogP contribution in [0.5, 0.6) is 0 Å². The molecule has 0 aliphatic carbocycles. The van der Waals surface area contributed by atoms with Crippen LogP contribution in [-0.4, -0.2) is 47.1 Å². The van der Waals surface area contributed by atoms with E-state index in [2.05, 4.69) is 15.4 Å². The molecule has 0 unspecified atom stereocenters. The van der Waals surface area contributed by atoms with Crippen LogP contribution in [0.3, 0.4) is 0 Å². The average Bonchev–Trinajstić information content (AvgIpc) is 3.47. The first kappa shape index (κ1) is 26.1. The minimum absolute atomic E-state index is 0. The van der Waals surface area contributed by atoms with E-state index in [1.165, 1.54) is 27.7 Å². The summed E-state index contributed by atoms with van der Waals surface area (Å²) < 4.78 is 21.8. The number of halogens is 3. The molecular formula is C26H26Cl2FN7O2. The van der Waals surface area contributed by atoms with Crippen LogP contribution in [0.1, 0.15) is 18.4 Å². The van der Waals surface area contributed by atoms with Crippen LogP contribution in [0.15, 0.2) is 64.8 Å². The topological polar surface area (TPSA) is 91.2 Å². The third-order valence-corrected chi connectivity index (χ3v) is 7.29. The van der Waals surface area contributed by atoms with Crippen molar-refractivity contribution in [1.82, 2.24) is 33.6 Å². The van der Waals surface area contributed by atoms with Crippen molar-refractivity contribution in [2.75, 3.05) is 13.1 Å². The molecule has 0 saturated carbocycles. The predicted molar refractivity (Wildman–Crippen MR) is 147 cm³/mol. The Labute approximate surface area is 227 Å². The number of rotatable bonds is 5. The Hall–Kier alpha value is -3.47. The first-order valence-corrected chi connectivity index (χ1v) is 12.5. The molecule has 198 valence electrons. The van der Waals surface area contributed by atoms with Crippen molar-refractivity contribution < 1.29 is 4.39 Å². The van der Waals surface area contributed by atoms with Gasteiger partial charge in [-0.2, -0.15) is 5.10 Å². The van der Waals surface area contributed by atoms with E-state index in [4.69, 9.17) is 11.6 Å². The molecule has 38 heavy (non-hydrogen) atoms. The lowest BCUT2D eigenvalue weighted by Crippen LogP contribution is -2.41. The fraction of sp³-hybridized carbons (Fsp3) is 0.308. The zero-order chi connectivity index (χ0) is 25.7. The highest BCUT2D eigenvalue weighted by molar-refractivity contribution is 6.32. The SMILES string of the molecule is Cl.Cn1ccc(=O)n(Cc2cc3c(-c4cc(Cl)cc5ccn(CC6(F)CCNCC6)c45)ncnn3c2)c1=O. The Morgan fingerprint density at radius 2 is 1.92 bits per heavy atom. The van der Waals surface area contributed by atoms with Gasteiger partial charge in [0.25, 0.3) is 5.56 Å². The molecule has 0 amide bonds. The first-order valence-electron chi connectivity index (χ1n) is 12.1. The molecule has 1 aromatic carbocycles. The van der Waals surface area contributed by atoms with Gasteiger partial charge in [-0.25, -0.2) is 18.7 Å². The van der Waals surface area contributed by atoms with Gasteiger partial charge in [-0.15, -0.1) is 12.4 Å². The number of benzene rings is 1. The third kappa shape index (κ3) is 4.63. The van der Waals surface area contributed by atoms with Crippen LogP contribution in [0.4, 0.5) is 4.39 Å². The molecule has 1 aliphatic rings. The Balaban J connectivity index is 0.00000294. The van der Waals surface area contributed by atoms with Crippen molar-refractivity contribution in [3.05, 3.63) is 86.7 Å². The Morgan fingerprint density at radius 1 is 1.13 bits per heavy atom. The van der Waals surface area contributed by atoms with E-state index < -0.39 is 11.4 Å². The quantitative estimate of drug-likeness (QED) is 0.357. The Morgan fingerprint density at radius 3 is 2.71 bits per heavy atom. The molecule has 12 heteroatoms. The highest BCUT2D eigenvalue weighted by Crippen LogP contribution is 2.36. The molecule has 5 aromatic rings. The van der Waals surface area contributed by atoms with Crippen LogP contribution in [-0.2, 0) is 20.1 Å². The van der Waals surface area contributed by atoms with E-state index in [1.807, 2.05) is 35.0 Å². The van der Waals surface area contributed by atoms with Crippen LogP contribution in [0, 0.1) is 0 Å². The number of nitrogens with zero attached hydrogens (tertiary/aromatic N) is 6. The van der Waals surface area contributed by atoms with Gasteiger partial charge in [0, 0.05) is 47.7 Å². The molecule has 1 saturated heterocycles. The van der Waals surface area contributed by atoms with Crippen LogP contribution >= 0.6 is 24.0 Å². The van der Waals surface area contributed by atoms with Crippen molar-refractivity contribution in [3.63, 3.8) is 0 Å². The van der Waals surface area contributed by atoms with Gasteiger partial charge in [0.2, 0.25) is 0 Å². The standard InChI is InChI=1S/C26H25ClFN7O2.ClH/c1-32-8-3-22(36)34(25(32)37)13-17-10-21-23(30-16-31-35(21)14-17)20-12-19(27)11-18-2-9-33(24(18)20)15-26(28)4-6-29-7-5-26;/h2-3,8-12,14,16,29H,4-7,13,15H2,1H3;1H. The second-order valence-corrected chi connectivity index (χ2v) is 10.1. The van der Waals surface area contributed by atoms with E-state index in [1.54, 1.807) is 17.8 Å². The Kier molecular flexibility index (Phi) is 6.89. The molecule has 1 N–H and O–H groups in total. The fourth-order valence-electron chi connectivity index (χ4n) is 5.18. The lowest BCUT2D eigenvalue weighted by Gasteiger charge is -2.30. The predicted octanol–water partition coefficient (Wildman–Crippen LogP) is 3.43. The summed E-state index contributed by atoms with van der Waals surface area (Å²) in [5.74, 6) is 0. The molecule has 1 fully saturated rings. The minimum atomic E-state index is -1.30. The van der Waals surface area contributed by atoms with E-state index in [0.717, 1.165) is 22.0 Å². The van der Waals surface area contributed by atoms with Crippen molar-refractivity contribution >= 4 is 40.4 Å². The first-order chi connectivity index (χ1) is 17.8. The van der Waals surface area contributed by atoms with Gasteiger partial charge in [-0.1, -0.05) is 11.6 Å². The number of aryl methyl sites for hydroxylation is 1. The van der Waals surface area contributed by atoms with Gasteiger partial charge in [0.05, 0.1) is 29.8 Å². The number of alkyl halides is 1. The second kappa shape index (κ2) is 10.0. The maximum atomic E-state index is 15.7.